The summed E-state index contributed by atoms with van der Waals surface area (Å²) in [4.78, 5) is 27.7. The van der Waals surface area contributed by atoms with Crippen LogP contribution in [-0.2, 0) is 4.79 Å². The SMILES string of the molecule is CSc1ccc(C(=O)CCC(=O)N2CCC(c3ccc(F)cc3)CC2)cc1. The Kier molecular flexibility index (Phi) is 6.67. The van der Waals surface area contributed by atoms with E-state index in [1.807, 2.05) is 47.6 Å². The van der Waals surface area contributed by atoms with E-state index >= 15 is 0 Å². The Bertz CT molecular complexity index is 781. The molecular weight excluding hydrogens is 361 g/mol. The summed E-state index contributed by atoms with van der Waals surface area (Å²) in [6, 6.07) is 14.2. The van der Waals surface area contributed by atoms with Gasteiger partial charge in [0.25, 0.3) is 0 Å². The van der Waals surface area contributed by atoms with Crippen LogP contribution < -0.4 is 0 Å². The lowest BCUT2D eigenvalue weighted by atomic mass is 9.89. The number of carbonyl (C=O) groups is 2. The zero-order valence-corrected chi connectivity index (χ0v) is 16.3. The van der Waals surface area contributed by atoms with Crippen molar-refractivity contribution in [2.45, 2.75) is 36.5 Å². The van der Waals surface area contributed by atoms with Gasteiger partial charge < -0.3 is 4.90 Å². The van der Waals surface area contributed by atoms with Gasteiger partial charge in [0.15, 0.2) is 5.78 Å². The quantitative estimate of drug-likeness (QED) is 0.523. The summed E-state index contributed by atoms with van der Waals surface area (Å²) >= 11 is 1.63. The third kappa shape index (κ3) is 5.19. The summed E-state index contributed by atoms with van der Waals surface area (Å²) in [6.07, 6.45) is 4.25. The molecule has 1 amide bonds. The standard InChI is InChI=1S/C22H24FNO2S/c1-27-20-8-4-18(5-9-20)21(25)10-11-22(26)24-14-12-17(13-15-24)16-2-6-19(23)7-3-16/h2-9,17H,10-15H2,1H3. The van der Waals surface area contributed by atoms with Crippen LogP contribution in [-0.4, -0.2) is 35.9 Å². The smallest absolute Gasteiger partial charge is 0.223 e. The molecule has 0 unspecified atom stereocenters. The van der Waals surface area contributed by atoms with Crippen LogP contribution in [0.15, 0.2) is 53.4 Å². The minimum atomic E-state index is -0.223. The molecule has 2 aromatic carbocycles. The first-order valence-electron chi connectivity index (χ1n) is 9.27. The fraction of sp³-hybridized carbons (Fsp3) is 0.364. The summed E-state index contributed by atoms with van der Waals surface area (Å²) in [6.45, 7) is 1.38. The summed E-state index contributed by atoms with van der Waals surface area (Å²) in [5, 5.41) is 0. The molecule has 1 heterocycles. The predicted octanol–water partition coefficient (Wildman–Crippen LogP) is 4.92. The molecule has 0 aromatic heterocycles. The Labute approximate surface area is 164 Å². The van der Waals surface area contributed by atoms with E-state index in [1.165, 1.54) is 12.1 Å². The highest BCUT2D eigenvalue weighted by molar-refractivity contribution is 7.98. The molecular formula is C22H24FNO2S. The van der Waals surface area contributed by atoms with Crippen molar-refractivity contribution >= 4 is 23.5 Å². The second-order valence-electron chi connectivity index (χ2n) is 6.86. The largest absolute Gasteiger partial charge is 0.343 e. The number of amides is 1. The van der Waals surface area contributed by atoms with E-state index in [-0.39, 0.29) is 30.3 Å². The summed E-state index contributed by atoms with van der Waals surface area (Å²) < 4.78 is 13.1. The minimum Gasteiger partial charge on any atom is -0.343 e. The van der Waals surface area contributed by atoms with Gasteiger partial charge in [-0.15, -0.1) is 11.8 Å². The summed E-state index contributed by atoms with van der Waals surface area (Å²) in [7, 11) is 0. The fourth-order valence-corrected chi connectivity index (χ4v) is 3.91. The molecule has 1 fully saturated rings. The molecule has 0 aliphatic carbocycles. The molecule has 2 aromatic rings. The third-order valence-corrected chi connectivity index (χ3v) is 5.91. The first-order chi connectivity index (χ1) is 13.1. The van der Waals surface area contributed by atoms with Crippen LogP contribution in [0.4, 0.5) is 4.39 Å². The molecule has 1 saturated heterocycles. The molecule has 0 bridgehead atoms. The van der Waals surface area contributed by atoms with Gasteiger partial charge in [-0.05, 0) is 54.8 Å². The first-order valence-corrected chi connectivity index (χ1v) is 10.5. The Balaban J connectivity index is 1.46. The maximum Gasteiger partial charge on any atom is 0.223 e. The van der Waals surface area contributed by atoms with Crippen molar-refractivity contribution in [3.63, 3.8) is 0 Å². The molecule has 27 heavy (non-hydrogen) atoms. The highest BCUT2D eigenvalue weighted by Crippen LogP contribution is 2.28. The topological polar surface area (TPSA) is 37.4 Å². The van der Waals surface area contributed by atoms with E-state index in [0.717, 1.165) is 23.3 Å². The molecule has 0 radical (unpaired) electrons. The van der Waals surface area contributed by atoms with E-state index in [2.05, 4.69) is 0 Å². The Morgan fingerprint density at radius 2 is 1.63 bits per heavy atom. The van der Waals surface area contributed by atoms with Gasteiger partial charge in [-0.25, -0.2) is 4.39 Å². The number of piperidine rings is 1. The first kappa shape index (κ1) is 19.6. The normalized spacial score (nSPS) is 15.0. The molecule has 3 rings (SSSR count). The van der Waals surface area contributed by atoms with Crippen LogP contribution >= 0.6 is 11.8 Å². The van der Waals surface area contributed by atoms with Gasteiger partial charge in [0.2, 0.25) is 5.91 Å². The average molecular weight is 386 g/mol. The number of thioether (sulfide) groups is 1. The number of hydrogen-bond acceptors (Lipinski definition) is 3. The average Bonchev–Trinajstić information content (AvgIpc) is 2.72. The second kappa shape index (κ2) is 9.18. The van der Waals surface area contributed by atoms with Gasteiger partial charge in [0, 0.05) is 36.4 Å². The van der Waals surface area contributed by atoms with Gasteiger partial charge in [0.1, 0.15) is 5.82 Å². The van der Waals surface area contributed by atoms with Gasteiger partial charge in [-0.3, -0.25) is 9.59 Å². The lowest BCUT2D eigenvalue weighted by molar-refractivity contribution is -0.132. The number of benzene rings is 2. The number of carbonyl (C=O) groups excluding carboxylic acids is 2. The van der Waals surface area contributed by atoms with Crippen molar-refractivity contribution in [3.8, 4) is 0 Å². The minimum absolute atomic E-state index is 0.0113. The van der Waals surface area contributed by atoms with E-state index < -0.39 is 0 Å². The monoisotopic (exact) mass is 385 g/mol. The summed E-state index contributed by atoms with van der Waals surface area (Å²) in [5.74, 6) is 0.198. The van der Waals surface area contributed by atoms with Crippen molar-refractivity contribution in [2.75, 3.05) is 19.3 Å². The van der Waals surface area contributed by atoms with E-state index in [4.69, 9.17) is 0 Å². The number of nitrogens with zero attached hydrogens (tertiary/aromatic N) is 1. The van der Waals surface area contributed by atoms with Crippen LogP contribution in [0.2, 0.25) is 0 Å². The lowest BCUT2D eigenvalue weighted by Gasteiger charge is -2.32. The summed E-state index contributed by atoms with van der Waals surface area (Å²) in [5.41, 5.74) is 1.79. The van der Waals surface area contributed by atoms with E-state index in [1.54, 1.807) is 11.8 Å². The number of Topliss-reactive ketones (excluding diaryl/α,β-unsaturated/α-hetero) is 1. The van der Waals surface area contributed by atoms with Gasteiger partial charge in [-0.2, -0.15) is 0 Å². The molecule has 5 heteroatoms. The lowest BCUT2D eigenvalue weighted by Crippen LogP contribution is -2.38. The Hall–Kier alpha value is -2.14. The van der Waals surface area contributed by atoms with Crippen molar-refractivity contribution in [3.05, 3.63) is 65.5 Å². The van der Waals surface area contributed by atoms with E-state index in [0.29, 0.717) is 24.6 Å². The van der Waals surface area contributed by atoms with Crippen LogP contribution in [0.5, 0.6) is 0 Å². The second-order valence-corrected chi connectivity index (χ2v) is 7.74. The van der Waals surface area contributed by atoms with E-state index in [9.17, 15) is 14.0 Å². The molecule has 142 valence electrons. The fourth-order valence-electron chi connectivity index (χ4n) is 3.50. The zero-order valence-electron chi connectivity index (χ0n) is 15.5. The molecule has 0 spiro atoms. The number of likely N-dealkylation sites (tertiary alicyclic amines) is 1. The molecule has 0 atom stereocenters. The van der Waals surface area contributed by atoms with Gasteiger partial charge in [0.05, 0.1) is 0 Å². The van der Waals surface area contributed by atoms with Crippen molar-refractivity contribution in [1.29, 1.82) is 0 Å². The van der Waals surface area contributed by atoms with Crippen LogP contribution in [0, 0.1) is 5.82 Å². The highest BCUT2D eigenvalue weighted by Gasteiger charge is 2.24. The Morgan fingerprint density at radius 3 is 2.22 bits per heavy atom. The highest BCUT2D eigenvalue weighted by atomic mass is 32.2. The molecule has 0 saturated carbocycles. The van der Waals surface area contributed by atoms with Crippen molar-refractivity contribution in [1.82, 2.24) is 4.90 Å². The van der Waals surface area contributed by atoms with Crippen LogP contribution in [0.25, 0.3) is 0 Å². The van der Waals surface area contributed by atoms with Crippen molar-refractivity contribution < 1.29 is 14.0 Å². The molecule has 3 nitrogen and oxygen atoms in total. The number of halogens is 1. The molecule has 1 aliphatic rings. The molecule has 1 aliphatic heterocycles. The van der Waals surface area contributed by atoms with Crippen LogP contribution in [0.3, 0.4) is 0 Å². The number of hydrogen-bond donors (Lipinski definition) is 0. The maximum atomic E-state index is 13.1. The van der Waals surface area contributed by atoms with Gasteiger partial charge in [-0.1, -0.05) is 24.3 Å². The predicted molar refractivity (Wildman–Crippen MR) is 107 cm³/mol. The van der Waals surface area contributed by atoms with Gasteiger partial charge >= 0.3 is 0 Å². The third-order valence-electron chi connectivity index (χ3n) is 5.17. The van der Waals surface area contributed by atoms with Crippen LogP contribution in [0.1, 0.15) is 47.5 Å². The zero-order chi connectivity index (χ0) is 19.2. The molecule has 0 N–H and O–H groups in total. The van der Waals surface area contributed by atoms with Crippen molar-refractivity contribution in [2.24, 2.45) is 0 Å². The number of ketones is 1. The Morgan fingerprint density at radius 1 is 1.00 bits per heavy atom. The number of rotatable bonds is 6. The maximum absolute atomic E-state index is 13.1.